The first-order valence-corrected chi connectivity index (χ1v) is 7.95. The first-order chi connectivity index (χ1) is 9.22. The number of carbonyl (C=O) groups excluding carboxylic acids is 1. The highest BCUT2D eigenvalue weighted by atomic mass is 16.2. The molecule has 2 heterocycles. The van der Waals surface area contributed by atoms with E-state index in [9.17, 15) is 4.79 Å². The maximum Gasteiger partial charge on any atom is 0.223 e. The van der Waals surface area contributed by atoms with Gasteiger partial charge < -0.3 is 15.1 Å². The van der Waals surface area contributed by atoms with E-state index in [-0.39, 0.29) is 5.54 Å². The molecular formula is C15H29N3O. The van der Waals surface area contributed by atoms with Gasteiger partial charge in [-0.05, 0) is 25.7 Å². The number of amides is 1. The minimum Gasteiger partial charge on any atom is -0.337 e. The van der Waals surface area contributed by atoms with Crippen LogP contribution in [0.25, 0.3) is 0 Å². The van der Waals surface area contributed by atoms with E-state index in [4.69, 9.17) is 0 Å². The molecule has 2 rings (SSSR count). The molecule has 0 saturated carbocycles. The monoisotopic (exact) mass is 267 g/mol. The van der Waals surface area contributed by atoms with Crippen LogP contribution in [0, 0.1) is 0 Å². The zero-order valence-electron chi connectivity index (χ0n) is 12.6. The van der Waals surface area contributed by atoms with Crippen LogP contribution in [0.3, 0.4) is 0 Å². The minimum atomic E-state index is 0.110. The Morgan fingerprint density at radius 3 is 2.37 bits per heavy atom. The van der Waals surface area contributed by atoms with Gasteiger partial charge in [-0.1, -0.05) is 13.8 Å². The molecule has 4 nitrogen and oxygen atoms in total. The summed E-state index contributed by atoms with van der Waals surface area (Å²) in [7, 11) is 0. The predicted octanol–water partition coefficient (Wildman–Crippen LogP) is 1.46. The number of nitrogens with one attached hydrogen (secondary N) is 1. The SMILES string of the molecule is CCC(CC)(CCN1CCNCC1)N1CCCC1=O. The maximum absolute atomic E-state index is 12.1. The first-order valence-electron chi connectivity index (χ1n) is 7.95. The summed E-state index contributed by atoms with van der Waals surface area (Å²) in [5.41, 5.74) is 0.110. The van der Waals surface area contributed by atoms with Crippen molar-refractivity contribution in [2.75, 3.05) is 39.3 Å². The number of carbonyl (C=O) groups is 1. The van der Waals surface area contributed by atoms with Crippen molar-refractivity contribution in [3.05, 3.63) is 0 Å². The Morgan fingerprint density at radius 1 is 1.16 bits per heavy atom. The molecule has 0 bridgehead atoms. The van der Waals surface area contributed by atoms with Crippen LogP contribution in [-0.4, -0.2) is 60.5 Å². The van der Waals surface area contributed by atoms with Crippen LogP contribution in [0.4, 0.5) is 0 Å². The second kappa shape index (κ2) is 6.71. The van der Waals surface area contributed by atoms with Crippen LogP contribution in [0.2, 0.25) is 0 Å². The first kappa shape index (κ1) is 14.8. The molecular weight excluding hydrogens is 238 g/mol. The molecule has 0 aromatic heterocycles. The van der Waals surface area contributed by atoms with Crippen molar-refractivity contribution >= 4 is 5.91 Å². The lowest BCUT2D eigenvalue weighted by atomic mass is 9.86. The van der Waals surface area contributed by atoms with Gasteiger partial charge in [0.1, 0.15) is 0 Å². The summed E-state index contributed by atoms with van der Waals surface area (Å²) in [6, 6.07) is 0. The molecule has 2 fully saturated rings. The molecule has 1 N–H and O–H groups in total. The molecule has 1 amide bonds. The number of hydrogen-bond acceptors (Lipinski definition) is 3. The average molecular weight is 267 g/mol. The van der Waals surface area contributed by atoms with Crippen molar-refractivity contribution in [2.24, 2.45) is 0 Å². The third-order valence-electron chi connectivity index (χ3n) is 5.07. The fraction of sp³-hybridized carbons (Fsp3) is 0.933. The van der Waals surface area contributed by atoms with Gasteiger partial charge in [0.05, 0.1) is 0 Å². The Balaban J connectivity index is 1.95. The molecule has 0 aromatic rings. The summed E-state index contributed by atoms with van der Waals surface area (Å²) >= 11 is 0. The van der Waals surface area contributed by atoms with Crippen molar-refractivity contribution < 1.29 is 4.79 Å². The highest BCUT2D eigenvalue weighted by molar-refractivity contribution is 5.79. The highest BCUT2D eigenvalue weighted by Gasteiger charge is 2.38. The van der Waals surface area contributed by atoms with Gasteiger partial charge in [-0.2, -0.15) is 0 Å². The second-order valence-corrected chi connectivity index (χ2v) is 5.92. The molecule has 4 heteroatoms. The van der Waals surface area contributed by atoms with Gasteiger partial charge in [0.25, 0.3) is 0 Å². The number of hydrogen-bond donors (Lipinski definition) is 1. The standard InChI is InChI=1S/C15H29N3O/c1-3-15(4-2,18-10-5-6-14(18)19)7-11-17-12-8-16-9-13-17/h16H,3-13H2,1-2H3. The van der Waals surface area contributed by atoms with Gasteiger partial charge in [-0.15, -0.1) is 0 Å². The number of nitrogens with zero attached hydrogens (tertiary/aromatic N) is 2. The Kier molecular flexibility index (Phi) is 5.22. The molecule has 0 atom stereocenters. The normalized spacial score (nSPS) is 22.2. The van der Waals surface area contributed by atoms with Gasteiger partial charge in [0.15, 0.2) is 0 Å². The largest absolute Gasteiger partial charge is 0.337 e. The van der Waals surface area contributed by atoms with E-state index in [0.717, 1.165) is 71.4 Å². The van der Waals surface area contributed by atoms with Crippen molar-refractivity contribution in [3.8, 4) is 0 Å². The van der Waals surface area contributed by atoms with Gasteiger partial charge in [-0.25, -0.2) is 0 Å². The molecule has 0 unspecified atom stereocenters. The van der Waals surface area contributed by atoms with E-state index in [2.05, 4.69) is 29.0 Å². The van der Waals surface area contributed by atoms with Crippen LogP contribution >= 0.6 is 0 Å². The molecule has 19 heavy (non-hydrogen) atoms. The lowest BCUT2D eigenvalue weighted by Gasteiger charge is -2.42. The average Bonchev–Trinajstić information content (AvgIpc) is 2.89. The summed E-state index contributed by atoms with van der Waals surface area (Å²) < 4.78 is 0. The van der Waals surface area contributed by atoms with E-state index in [0.29, 0.717) is 5.91 Å². The molecule has 2 saturated heterocycles. The molecule has 0 radical (unpaired) electrons. The van der Waals surface area contributed by atoms with Crippen LogP contribution < -0.4 is 5.32 Å². The van der Waals surface area contributed by atoms with E-state index in [1.165, 1.54) is 0 Å². The zero-order chi connectivity index (χ0) is 13.7. The quantitative estimate of drug-likeness (QED) is 0.791. The van der Waals surface area contributed by atoms with Gasteiger partial charge in [0.2, 0.25) is 5.91 Å². The van der Waals surface area contributed by atoms with E-state index < -0.39 is 0 Å². The smallest absolute Gasteiger partial charge is 0.223 e. The third-order valence-corrected chi connectivity index (χ3v) is 5.07. The van der Waals surface area contributed by atoms with Crippen LogP contribution in [0.5, 0.6) is 0 Å². The predicted molar refractivity (Wildman–Crippen MR) is 78.2 cm³/mol. The van der Waals surface area contributed by atoms with Gasteiger partial charge in [-0.3, -0.25) is 4.79 Å². The van der Waals surface area contributed by atoms with Gasteiger partial charge >= 0.3 is 0 Å². The van der Waals surface area contributed by atoms with Crippen molar-refractivity contribution in [1.29, 1.82) is 0 Å². The van der Waals surface area contributed by atoms with Crippen LogP contribution in [-0.2, 0) is 4.79 Å². The fourth-order valence-corrected chi connectivity index (χ4v) is 3.57. The lowest BCUT2D eigenvalue weighted by molar-refractivity contribution is -0.134. The Morgan fingerprint density at radius 2 is 1.84 bits per heavy atom. The molecule has 110 valence electrons. The maximum atomic E-state index is 12.1. The Hall–Kier alpha value is -0.610. The summed E-state index contributed by atoms with van der Waals surface area (Å²) in [5.74, 6) is 0.379. The summed E-state index contributed by atoms with van der Waals surface area (Å²) in [6.45, 7) is 11.1. The molecule has 2 aliphatic rings. The number of likely N-dealkylation sites (tertiary alicyclic amines) is 1. The highest BCUT2D eigenvalue weighted by Crippen LogP contribution is 2.32. The second-order valence-electron chi connectivity index (χ2n) is 5.92. The van der Waals surface area contributed by atoms with Crippen molar-refractivity contribution in [2.45, 2.75) is 51.5 Å². The number of piperazine rings is 1. The zero-order valence-corrected chi connectivity index (χ0v) is 12.6. The Labute approximate surface area is 117 Å². The van der Waals surface area contributed by atoms with Crippen molar-refractivity contribution in [3.63, 3.8) is 0 Å². The molecule has 0 spiro atoms. The summed E-state index contributed by atoms with van der Waals surface area (Å²) in [4.78, 5) is 16.8. The topological polar surface area (TPSA) is 35.6 Å². The Bertz CT molecular complexity index is 296. The third kappa shape index (κ3) is 3.29. The van der Waals surface area contributed by atoms with Crippen LogP contribution in [0.1, 0.15) is 46.0 Å². The van der Waals surface area contributed by atoms with Crippen molar-refractivity contribution in [1.82, 2.24) is 15.1 Å². The van der Waals surface area contributed by atoms with Gasteiger partial charge in [0, 0.05) is 51.2 Å². The van der Waals surface area contributed by atoms with Crippen LogP contribution in [0.15, 0.2) is 0 Å². The minimum absolute atomic E-state index is 0.110. The lowest BCUT2D eigenvalue weighted by Crippen LogP contribution is -2.52. The number of rotatable bonds is 6. The summed E-state index contributed by atoms with van der Waals surface area (Å²) in [6.07, 6.45) is 5.11. The summed E-state index contributed by atoms with van der Waals surface area (Å²) in [5, 5.41) is 3.40. The van der Waals surface area contributed by atoms with E-state index in [1.807, 2.05) is 0 Å². The molecule has 0 aromatic carbocycles. The molecule has 0 aliphatic carbocycles. The fourth-order valence-electron chi connectivity index (χ4n) is 3.57. The van der Waals surface area contributed by atoms with E-state index >= 15 is 0 Å². The molecule has 2 aliphatic heterocycles. The van der Waals surface area contributed by atoms with E-state index in [1.54, 1.807) is 0 Å².